The molecule has 2 aliphatic rings. The van der Waals surface area contributed by atoms with E-state index in [0.717, 1.165) is 48.1 Å². The van der Waals surface area contributed by atoms with E-state index in [1.807, 2.05) is 42.2 Å². The summed E-state index contributed by atoms with van der Waals surface area (Å²) >= 11 is 0. The maximum atomic E-state index is 14.1. The monoisotopic (exact) mass is 389 g/mol. The zero-order chi connectivity index (χ0) is 20.0. The summed E-state index contributed by atoms with van der Waals surface area (Å²) in [6.07, 6.45) is 5.46. The molecule has 1 unspecified atom stereocenters. The molecule has 1 saturated carbocycles. The maximum absolute atomic E-state index is 14.1. The van der Waals surface area contributed by atoms with Gasteiger partial charge in [0.2, 0.25) is 0 Å². The zero-order valence-corrected chi connectivity index (χ0v) is 16.5. The summed E-state index contributed by atoms with van der Waals surface area (Å²) in [5.74, 6) is -0.306. The standard InChI is InChI=1S/C24H24FN3O/c1-15-10-12-16(13-11-15)21-20-22(27-26-21)24(29)28(19-8-3-2-4-9-19)23(20)17-6-5-7-18(25)14-17/h5-7,10-14,19,23H,2-4,8-9H2,1H3,(H,26,27). The van der Waals surface area contributed by atoms with E-state index in [-0.39, 0.29) is 23.8 Å². The number of aromatic nitrogens is 2. The van der Waals surface area contributed by atoms with Gasteiger partial charge in [0.15, 0.2) is 0 Å². The molecular formula is C24H24FN3O. The number of halogens is 1. The molecule has 1 aliphatic carbocycles. The van der Waals surface area contributed by atoms with Gasteiger partial charge in [-0.1, -0.05) is 61.2 Å². The second kappa shape index (κ2) is 7.14. The molecule has 1 aliphatic heterocycles. The zero-order valence-electron chi connectivity index (χ0n) is 16.5. The quantitative estimate of drug-likeness (QED) is 0.652. The maximum Gasteiger partial charge on any atom is 0.273 e. The van der Waals surface area contributed by atoms with Crippen molar-refractivity contribution in [3.8, 4) is 11.3 Å². The minimum Gasteiger partial charge on any atom is -0.323 e. The fraction of sp³-hybridized carbons (Fsp3) is 0.333. The Kier molecular flexibility index (Phi) is 4.46. The second-order valence-electron chi connectivity index (χ2n) is 8.19. The average Bonchev–Trinajstić information content (AvgIpc) is 3.28. The lowest BCUT2D eigenvalue weighted by Crippen LogP contribution is -2.40. The summed E-state index contributed by atoms with van der Waals surface area (Å²) < 4.78 is 14.1. The minimum absolute atomic E-state index is 0.0213. The number of nitrogens with one attached hydrogen (secondary N) is 1. The molecule has 5 heteroatoms. The third-order valence-corrected chi connectivity index (χ3v) is 6.26. The Bertz CT molecular complexity index is 1050. The molecule has 2 heterocycles. The van der Waals surface area contributed by atoms with Crippen LogP contribution in [-0.4, -0.2) is 27.0 Å². The third kappa shape index (κ3) is 3.05. The largest absolute Gasteiger partial charge is 0.323 e. The Morgan fingerprint density at radius 3 is 2.55 bits per heavy atom. The molecule has 2 aromatic carbocycles. The smallest absolute Gasteiger partial charge is 0.273 e. The van der Waals surface area contributed by atoms with Gasteiger partial charge in [-0.3, -0.25) is 9.89 Å². The summed E-state index contributed by atoms with van der Waals surface area (Å²) in [7, 11) is 0. The molecular weight excluding hydrogens is 365 g/mol. The van der Waals surface area contributed by atoms with E-state index in [0.29, 0.717) is 5.69 Å². The molecule has 148 valence electrons. The van der Waals surface area contributed by atoms with E-state index >= 15 is 0 Å². The van der Waals surface area contributed by atoms with Crippen molar-refractivity contribution < 1.29 is 9.18 Å². The third-order valence-electron chi connectivity index (χ3n) is 6.26. The number of aryl methyl sites for hydroxylation is 1. The van der Waals surface area contributed by atoms with Crippen molar-refractivity contribution in [1.29, 1.82) is 0 Å². The minimum atomic E-state index is -0.314. The SMILES string of the molecule is Cc1ccc(-c2n[nH]c3c2C(c2cccc(F)c2)N(C2CCCCC2)C3=O)cc1. The van der Waals surface area contributed by atoms with Crippen LogP contribution in [0.25, 0.3) is 11.3 Å². The number of aromatic amines is 1. The highest BCUT2D eigenvalue weighted by atomic mass is 19.1. The Labute approximate surface area is 169 Å². The molecule has 1 amide bonds. The topological polar surface area (TPSA) is 49.0 Å². The van der Waals surface area contributed by atoms with E-state index in [4.69, 9.17) is 0 Å². The molecule has 4 nitrogen and oxygen atoms in total. The predicted octanol–water partition coefficient (Wildman–Crippen LogP) is 5.40. The van der Waals surface area contributed by atoms with Crippen LogP contribution >= 0.6 is 0 Å². The van der Waals surface area contributed by atoms with Crippen molar-refractivity contribution in [2.45, 2.75) is 51.1 Å². The molecule has 29 heavy (non-hydrogen) atoms. The first kappa shape index (κ1) is 18.1. The molecule has 1 N–H and O–H groups in total. The Morgan fingerprint density at radius 2 is 1.83 bits per heavy atom. The fourth-order valence-corrected chi connectivity index (χ4v) is 4.84. The van der Waals surface area contributed by atoms with Gasteiger partial charge in [-0.05, 0) is 37.5 Å². The number of H-pyrrole nitrogens is 1. The van der Waals surface area contributed by atoms with Gasteiger partial charge >= 0.3 is 0 Å². The van der Waals surface area contributed by atoms with Crippen LogP contribution in [0.5, 0.6) is 0 Å². The molecule has 5 rings (SSSR count). The second-order valence-corrected chi connectivity index (χ2v) is 8.19. The Balaban J connectivity index is 1.67. The number of hydrogen-bond acceptors (Lipinski definition) is 2. The first-order valence-electron chi connectivity index (χ1n) is 10.4. The number of benzene rings is 2. The Morgan fingerprint density at radius 1 is 1.07 bits per heavy atom. The van der Waals surface area contributed by atoms with E-state index in [2.05, 4.69) is 10.2 Å². The molecule has 0 spiro atoms. The summed E-state index contributed by atoms with van der Waals surface area (Å²) in [5, 5.41) is 7.50. The number of rotatable bonds is 3. The van der Waals surface area contributed by atoms with Crippen LogP contribution in [-0.2, 0) is 0 Å². The van der Waals surface area contributed by atoms with E-state index in [1.165, 1.54) is 18.1 Å². The van der Waals surface area contributed by atoms with Gasteiger partial charge in [0, 0.05) is 17.2 Å². The molecule has 1 atom stereocenters. The summed E-state index contributed by atoms with van der Waals surface area (Å²) in [6, 6.07) is 14.6. The van der Waals surface area contributed by atoms with Crippen LogP contribution < -0.4 is 0 Å². The highest BCUT2D eigenvalue weighted by Gasteiger charge is 2.45. The lowest BCUT2D eigenvalue weighted by Gasteiger charge is -2.36. The lowest BCUT2D eigenvalue weighted by atomic mass is 9.91. The molecule has 0 radical (unpaired) electrons. The van der Waals surface area contributed by atoms with Crippen molar-refractivity contribution in [3.05, 3.63) is 76.7 Å². The molecule has 0 saturated heterocycles. The van der Waals surface area contributed by atoms with Gasteiger partial charge in [0.25, 0.3) is 5.91 Å². The summed E-state index contributed by atoms with van der Waals surface area (Å²) in [5.41, 5.74) is 5.13. The number of fused-ring (bicyclic) bond motifs is 1. The summed E-state index contributed by atoms with van der Waals surface area (Å²) in [6.45, 7) is 2.04. The number of carbonyl (C=O) groups excluding carboxylic acids is 1. The van der Waals surface area contributed by atoms with Crippen LogP contribution in [0.2, 0.25) is 0 Å². The first-order valence-corrected chi connectivity index (χ1v) is 10.4. The number of hydrogen-bond donors (Lipinski definition) is 1. The van der Waals surface area contributed by atoms with Crippen LogP contribution in [0.15, 0.2) is 48.5 Å². The van der Waals surface area contributed by atoms with Crippen molar-refractivity contribution >= 4 is 5.91 Å². The normalized spacial score (nSPS) is 19.6. The highest BCUT2D eigenvalue weighted by Crippen LogP contribution is 2.45. The van der Waals surface area contributed by atoms with Crippen LogP contribution in [0.4, 0.5) is 4.39 Å². The van der Waals surface area contributed by atoms with Gasteiger partial charge in [0.05, 0.1) is 11.7 Å². The van der Waals surface area contributed by atoms with E-state index < -0.39 is 0 Å². The lowest BCUT2D eigenvalue weighted by molar-refractivity contribution is 0.0606. The van der Waals surface area contributed by atoms with Gasteiger partial charge in [-0.2, -0.15) is 5.10 Å². The van der Waals surface area contributed by atoms with Crippen molar-refractivity contribution in [2.24, 2.45) is 0 Å². The van der Waals surface area contributed by atoms with Crippen LogP contribution in [0, 0.1) is 12.7 Å². The molecule has 3 aromatic rings. The predicted molar refractivity (Wildman–Crippen MR) is 110 cm³/mol. The number of carbonyl (C=O) groups is 1. The van der Waals surface area contributed by atoms with Gasteiger partial charge in [-0.25, -0.2) is 4.39 Å². The van der Waals surface area contributed by atoms with Crippen LogP contribution in [0.1, 0.15) is 65.3 Å². The molecule has 0 bridgehead atoms. The highest BCUT2D eigenvalue weighted by molar-refractivity contribution is 6.00. The van der Waals surface area contributed by atoms with Gasteiger partial charge < -0.3 is 4.90 Å². The van der Waals surface area contributed by atoms with E-state index in [1.54, 1.807) is 12.1 Å². The number of nitrogens with zero attached hydrogens (tertiary/aromatic N) is 2. The van der Waals surface area contributed by atoms with Gasteiger partial charge in [-0.15, -0.1) is 0 Å². The summed E-state index contributed by atoms with van der Waals surface area (Å²) in [4.78, 5) is 15.4. The van der Waals surface area contributed by atoms with Crippen molar-refractivity contribution in [3.63, 3.8) is 0 Å². The first-order chi connectivity index (χ1) is 14.1. The van der Waals surface area contributed by atoms with Crippen molar-refractivity contribution in [1.82, 2.24) is 15.1 Å². The van der Waals surface area contributed by atoms with Gasteiger partial charge in [0.1, 0.15) is 11.5 Å². The Hall–Kier alpha value is -2.95. The number of amides is 1. The molecule has 1 aromatic heterocycles. The van der Waals surface area contributed by atoms with Crippen LogP contribution in [0.3, 0.4) is 0 Å². The molecule has 1 fully saturated rings. The fourth-order valence-electron chi connectivity index (χ4n) is 4.84. The van der Waals surface area contributed by atoms with E-state index in [9.17, 15) is 9.18 Å². The average molecular weight is 389 g/mol. The van der Waals surface area contributed by atoms with Crippen molar-refractivity contribution in [2.75, 3.05) is 0 Å².